The van der Waals surface area contributed by atoms with Gasteiger partial charge in [-0.05, 0) is 24.3 Å². The van der Waals surface area contributed by atoms with E-state index in [1.807, 2.05) is 24.3 Å². The number of aromatic nitrogens is 1. The molecule has 19 heavy (non-hydrogen) atoms. The maximum atomic E-state index is 11.7. The van der Waals surface area contributed by atoms with Gasteiger partial charge in [-0.15, -0.1) is 11.3 Å². The van der Waals surface area contributed by atoms with Gasteiger partial charge >= 0.3 is 0 Å². The summed E-state index contributed by atoms with van der Waals surface area (Å²) in [5.41, 5.74) is 0.853. The van der Waals surface area contributed by atoms with Crippen LogP contribution < -0.4 is 11.0 Å². The summed E-state index contributed by atoms with van der Waals surface area (Å²) in [7, 11) is 0. The second kappa shape index (κ2) is 3.55. The van der Waals surface area contributed by atoms with E-state index in [1.54, 1.807) is 23.5 Å². The highest BCUT2D eigenvalue weighted by Gasteiger charge is 2.09. The molecule has 0 atom stereocenters. The van der Waals surface area contributed by atoms with E-state index < -0.39 is 11.0 Å². The molecule has 4 rings (SSSR count). The smallest absolute Gasteiger partial charge is 0.296 e. The summed E-state index contributed by atoms with van der Waals surface area (Å²) < 4.78 is 7.69. The summed E-state index contributed by atoms with van der Waals surface area (Å²) >= 11 is 1.56. The summed E-state index contributed by atoms with van der Waals surface area (Å²) in [4.78, 5) is 25.6. The van der Waals surface area contributed by atoms with Gasteiger partial charge < -0.3 is 9.40 Å². The average molecular weight is 269 g/mol. The second-order valence-corrected chi connectivity index (χ2v) is 5.36. The summed E-state index contributed by atoms with van der Waals surface area (Å²) in [5.74, 6) is 0. The van der Waals surface area contributed by atoms with E-state index in [2.05, 4.69) is 4.98 Å². The maximum Gasteiger partial charge on any atom is 0.296 e. The molecule has 92 valence electrons. The third-order valence-corrected chi connectivity index (χ3v) is 4.17. The van der Waals surface area contributed by atoms with E-state index in [1.165, 1.54) is 0 Å². The van der Waals surface area contributed by atoms with E-state index in [0.29, 0.717) is 16.5 Å². The molecule has 0 spiro atoms. The van der Waals surface area contributed by atoms with Crippen molar-refractivity contribution in [3.05, 3.63) is 57.0 Å². The first-order chi connectivity index (χ1) is 9.22. The van der Waals surface area contributed by atoms with Crippen LogP contribution in [-0.2, 0) is 0 Å². The van der Waals surface area contributed by atoms with E-state index >= 15 is 0 Å². The molecule has 1 N–H and O–H groups in total. The first kappa shape index (κ1) is 10.5. The van der Waals surface area contributed by atoms with Gasteiger partial charge in [0.15, 0.2) is 0 Å². The van der Waals surface area contributed by atoms with Crippen LogP contribution in [0.2, 0.25) is 0 Å². The molecule has 4 aromatic rings. The van der Waals surface area contributed by atoms with Gasteiger partial charge in [-0.25, -0.2) is 0 Å². The van der Waals surface area contributed by atoms with Crippen LogP contribution in [0.3, 0.4) is 0 Å². The van der Waals surface area contributed by atoms with Crippen LogP contribution >= 0.6 is 11.3 Å². The first-order valence-corrected chi connectivity index (χ1v) is 6.52. The SMILES string of the molecule is O=c1[nH]c2cc3sc4ccccc4oc3cc2c1=O. The molecule has 0 fully saturated rings. The minimum Gasteiger partial charge on any atom is -0.454 e. The Bertz CT molecular complexity index is 1060. The van der Waals surface area contributed by atoms with Gasteiger partial charge in [0.05, 0.1) is 20.3 Å². The quantitative estimate of drug-likeness (QED) is 0.394. The van der Waals surface area contributed by atoms with E-state index in [4.69, 9.17) is 4.42 Å². The van der Waals surface area contributed by atoms with Crippen molar-refractivity contribution in [2.45, 2.75) is 0 Å². The predicted octanol–water partition coefficient (Wildman–Crippen LogP) is 2.85. The zero-order chi connectivity index (χ0) is 13.0. The van der Waals surface area contributed by atoms with Crippen LogP contribution in [0.25, 0.3) is 31.5 Å². The fraction of sp³-hybridized carbons (Fsp3) is 0. The van der Waals surface area contributed by atoms with Crippen molar-refractivity contribution in [2.75, 3.05) is 0 Å². The fourth-order valence-electron chi connectivity index (χ4n) is 2.17. The monoisotopic (exact) mass is 269 g/mol. The molecular formula is C14H7NO3S. The number of nitrogens with one attached hydrogen (secondary N) is 1. The zero-order valence-electron chi connectivity index (χ0n) is 9.60. The minimum absolute atomic E-state index is 0.378. The molecule has 2 aromatic carbocycles. The number of para-hydroxylation sites is 1. The van der Waals surface area contributed by atoms with Crippen molar-refractivity contribution >= 4 is 42.8 Å². The van der Waals surface area contributed by atoms with Gasteiger partial charge in [-0.3, -0.25) is 9.59 Å². The molecule has 0 aliphatic rings. The van der Waals surface area contributed by atoms with Gasteiger partial charge in [-0.2, -0.15) is 0 Å². The number of aromatic amines is 1. The number of rotatable bonds is 0. The lowest BCUT2D eigenvalue weighted by Gasteiger charge is -2.00. The predicted molar refractivity (Wildman–Crippen MR) is 76.0 cm³/mol. The molecule has 0 bridgehead atoms. The highest BCUT2D eigenvalue weighted by Crippen LogP contribution is 2.29. The summed E-state index contributed by atoms with van der Waals surface area (Å²) in [6, 6.07) is 11.1. The topological polar surface area (TPSA) is 63.1 Å². The lowest BCUT2D eigenvalue weighted by molar-refractivity contribution is 0.663. The molecule has 0 radical (unpaired) electrons. The van der Waals surface area contributed by atoms with Gasteiger partial charge in [0.2, 0.25) is 0 Å². The number of H-pyrrole nitrogens is 1. The summed E-state index contributed by atoms with van der Waals surface area (Å²) in [5, 5.41) is 0.378. The van der Waals surface area contributed by atoms with Crippen molar-refractivity contribution in [3.63, 3.8) is 0 Å². The van der Waals surface area contributed by atoms with Gasteiger partial charge in [0.25, 0.3) is 11.0 Å². The lowest BCUT2D eigenvalue weighted by Crippen LogP contribution is -2.18. The molecule has 2 aromatic heterocycles. The van der Waals surface area contributed by atoms with Crippen LogP contribution in [-0.4, -0.2) is 4.98 Å². The van der Waals surface area contributed by atoms with Gasteiger partial charge in [0, 0.05) is 0 Å². The Hall–Kier alpha value is -2.40. The normalized spacial score (nSPS) is 11.6. The highest BCUT2D eigenvalue weighted by atomic mass is 32.1. The van der Waals surface area contributed by atoms with Crippen LogP contribution in [0.5, 0.6) is 0 Å². The minimum atomic E-state index is -0.583. The fourth-order valence-corrected chi connectivity index (χ4v) is 3.14. The molecule has 4 nitrogen and oxygen atoms in total. The molecule has 0 saturated carbocycles. The summed E-state index contributed by atoms with van der Waals surface area (Å²) in [6.07, 6.45) is 0. The zero-order valence-corrected chi connectivity index (χ0v) is 10.4. The van der Waals surface area contributed by atoms with E-state index in [-0.39, 0.29) is 0 Å². The first-order valence-electron chi connectivity index (χ1n) is 5.71. The van der Waals surface area contributed by atoms with Crippen LogP contribution in [0.15, 0.2) is 50.4 Å². The average Bonchev–Trinajstić information content (AvgIpc) is 2.69. The van der Waals surface area contributed by atoms with Crippen LogP contribution in [0.4, 0.5) is 0 Å². The van der Waals surface area contributed by atoms with Crippen molar-refractivity contribution in [3.8, 4) is 0 Å². The lowest BCUT2D eigenvalue weighted by atomic mass is 10.2. The van der Waals surface area contributed by atoms with Crippen molar-refractivity contribution in [1.82, 2.24) is 4.98 Å². The van der Waals surface area contributed by atoms with E-state index in [9.17, 15) is 9.59 Å². The number of benzene rings is 2. The molecule has 0 amide bonds. The standard InChI is InChI=1S/C14H7NO3S/c16-13-7-5-10-12(6-8(7)15-14(13)17)19-11-4-2-1-3-9(11)18-10/h1-6H,(H,15,16,17). The molecular weight excluding hydrogens is 262 g/mol. The number of hydrogen-bond donors (Lipinski definition) is 1. The Morgan fingerprint density at radius 3 is 2.74 bits per heavy atom. The summed E-state index contributed by atoms with van der Waals surface area (Å²) in [6.45, 7) is 0. The third kappa shape index (κ3) is 1.45. The highest BCUT2D eigenvalue weighted by molar-refractivity contribution is 7.24. The number of hydrogen-bond acceptors (Lipinski definition) is 4. The Balaban J connectivity index is 2.26. The maximum absolute atomic E-state index is 11.7. The Labute approximate surface area is 109 Å². The third-order valence-electron chi connectivity index (χ3n) is 3.07. The Morgan fingerprint density at radius 1 is 1.00 bits per heavy atom. The molecule has 0 aliphatic carbocycles. The molecule has 2 heterocycles. The van der Waals surface area contributed by atoms with Crippen LogP contribution in [0, 0.1) is 0 Å². The molecule has 0 aliphatic heterocycles. The molecule has 5 heteroatoms. The molecule has 0 saturated heterocycles. The second-order valence-electron chi connectivity index (χ2n) is 4.28. The van der Waals surface area contributed by atoms with Gasteiger partial charge in [-0.1, -0.05) is 12.1 Å². The largest absolute Gasteiger partial charge is 0.454 e. The van der Waals surface area contributed by atoms with Crippen molar-refractivity contribution in [2.24, 2.45) is 0 Å². The van der Waals surface area contributed by atoms with E-state index in [0.717, 1.165) is 15.0 Å². The van der Waals surface area contributed by atoms with Crippen molar-refractivity contribution in [1.29, 1.82) is 0 Å². The Kier molecular flexibility index (Phi) is 1.97. The Morgan fingerprint density at radius 2 is 1.84 bits per heavy atom. The van der Waals surface area contributed by atoms with Crippen LogP contribution in [0.1, 0.15) is 0 Å². The molecule has 0 unspecified atom stereocenters. The van der Waals surface area contributed by atoms with Crippen molar-refractivity contribution < 1.29 is 4.42 Å². The number of fused-ring (bicyclic) bond motifs is 3. The van der Waals surface area contributed by atoms with Gasteiger partial charge in [0.1, 0.15) is 11.2 Å².